The summed E-state index contributed by atoms with van der Waals surface area (Å²) >= 11 is 0.984. The van der Waals surface area contributed by atoms with Gasteiger partial charge >= 0.3 is 11.9 Å². The minimum absolute atomic E-state index is 0.0514. The van der Waals surface area contributed by atoms with Crippen LogP contribution in [0.25, 0.3) is 21.9 Å². The summed E-state index contributed by atoms with van der Waals surface area (Å²) in [7, 11) is 2.32. The fraction of sp³-hybridized carbons (Fsp3) is 0.439. The molecule has 18 nitrogen and oxygen atoms in total. The number of imide groups is 1. The second-order valence-corrected chi connectivity index (χ2v) is 15.5. The molecule has 0 bridgehead atoms. The zero-order chi connectivity index (χ0) is 43.3. The molecule has 2 aromatic carbocycles. The number of benzene rings is 2. The van der Waals surface area contributed by atoms with Crippen molar-refractivity contribution in [2.75, 3.05) is 38.8 Å². The van der Waals surface area contributed by atoms with Gasteiger partial charge in [0.15, 0.2) is 5.82 Å². The number of nitrogen functional groups attached to an aromatic ring is 1. The van der Waals surface area contributed by atoms with Crippen LogP contribution in [0.5, 0.6) is 0 Å². The van der Waals surface area contributed by atoms with Gasteiger partial charge in [-0.05, 0) is 30.0 Å². The lowest BCUT2D eigenvalue weighted by molar-refractivity contribution is -0.142. The number of ether oxygens (including phenoxy) is 2. The highest BCUT2D eigenvalue weighted by Gasteiger charge is 2.39. The molecule has 3 heterocycles. The van der Waals surface area contributed by atoms with E-state index in [2.05, 4.69) is 41.9 Å². The summed E-state index contributed by atoms with van der Waals surface area (Å²) in [6.45, 7) is 2.35. The van der Waals surface area contributed by atoms with Gasteiger partial charge < -0.3 is 41.5 Å². The smallest absolute Gasteiger partial charge is 0.325 e. The highest BCUT2D eigenvalue weighted by molar-refractivity contribution is 8.00. The maximum atomic E-state index is 13.2. The van der Waals surface area contributed by atoms with E-state index in [4.69, 9.17) is 16.5 Å². The maximum absolute atomic E-state index is 13.2. The van der Waals surface area contributed by atoms with Gasteiger partial charge in [0, 0.05) is 56.5 Å². The van der Waals surface area contributed by atoms with Crippen molar-refractivity contribution in [3.63, 3.8) is 0 Å². The van der Waals surface area contributed by atoms with Crippen molar-refractivity contribution in [2.45, 2.75) is 82.3 Å². The number of nitrogens with zero attached hydrogens (tertiary/aromatic N) is 4. The van der Waals surface area contributed by atoms with Crippen molar-refractivity contribution in [1.29, 1.82) is 0 Å². The van der Waals surface area contributed by atoms with E-state index < -0.39 is 59.4 Å². The summed E-state index contributed by atoms with van der Waals surface area (Å²) in [6, 6.07) is 13.5. The number of nitrogens with two attached hydrogens (primary N) is 2. The topological polar surface area (TPSA) is 260 Å². The molecule has 0 aliphatic carbocycles. The zero-order valence-corrected chi connectivity index (χ0v) is 34.7. The average Bonchev–Trinajstić information content (AvgIpc) is 3.75. The Kier molecular flexibility index (Phi) is 15.9. The van der Waals surface area contributed by atoms with Crippen LogP contribution in [0.2, 0.25) is 0 Å². The number of rotatable bonds is 21. The first-order valence-electron chi connectivity index (χ1n) is 19.6. The highest BCUT2D eigenvalue weighted by atomic mass is 32.2. The first-order valence-corrected chi connectivity index (χ1v) is 20.7. The SMILES string of the molecule is CCCCc1nc2c(N)nc3ccccc3c2n1Cc1ccc(CNC(=O)CCN2C(=O)CC(SC[C@@H](NC(=O)CC[C@@H](N)C(=O)OC)C(=O)NCC(=O)OC)C2=O)cc1. The second kappa shape index (κ2) is 21.3. The molecular weight excluding hydrogens is 795 g/mol. The number of carbonyl (C=O) groups is 7. The summed E-state index contributed by atoms with van der Waals surface area (Å²) in [5.41, 5.74) is 16.4. The molecule has 7 N–H and O–H groups in total. The molecule has 2 aromatic heterocycles. The van der Waals surface area contributed by atoms with E-state index in [0.29, 0.717) is 17.9 Å². The first kappa shape index (κ1) is 45.0. The third-order valence-corrected chi connectivity index (χ3v) is 11.3. The molecule has 5 amide bonds. The second-order valence-electron chi connectivity index (χ2n) is 14.3. The molecule has 320 valence electrons. The van der Waals surface area contributed by atoms with Gasteiger partial charge in [0.25, 0.3) is 0 Å². The van der Waals surface area contributed by atoms with Crippen LogP contribution < -0.4 is 27.4 Å². The summed E-state index contributed by atoms with van der Waals surface area (Å²) in [6.07, 6.45) is 2.27. The molecule has 1 aliphatic heterocycles. The van der Waals surface area contributed by atoms with Crippen molar-refractivity contribution in [3.05, 3.63) is 65.5 Å². The van der Waals surface area contributed by atoms with Gasteiger partial charge in [-0.2, -0.15) is 0 Å². The van der Waals surface area contributed by atoms with Crippen LogP contribution in [0.3, 0.4) is 0 Å². The molecule has 1 saturated heterocycles. The monoisotopic (exact) mass is 845 g/mol. The number of aromatic nitrogens is 3. The molecule has 0 spiro atoms. The predicted molar refractivity (Wildman–Crippen MR) is 224 cm³/mol. The molecule has 3 atom stereocenters. The molecular formula is C41H51N9O9S. The number of nitrogens with one attached hydrogen (secondary N) is 3. The van der Waals surface area contributed by atoms with E-state index >= 15 is 0 Å². The van der Waals surface area contributed by atoms with Crippen LogP contribution in [0, 0.1) is 0 Å². The molecule has 0 saturated carbocycles. The van der Waals surface area contributed by atoms with Gasteiger partial charge in [-0.3, -0.25) is 38.5 Å². The number of hydrogen-bond donors (Lipinski definition) is 5. The fourth-order valence-electron chi connectivity index (χ4n) is 6.64. The lowest BCUT2D eigenvalue weighted by Crippen LogP contribution is -2.50. The number of anilines is 1. The highest BCUT2D eigenvalue weighted by Crippen LogP contribution is 2.30. The number of esters is 2. The normalized spacial score (nSPS) is 14.9. The van der Waals surface area contributed by atoms with E-state index in [1.165, 1.54) is 7.11 Å². The van der Waals surface area contributed by atoms with Gasteiger partial charge in [-0.25, -0.2) is 9.97 Å². The summed E-state index contributed by atoms with van der Waals surface area (Å²) < 4.78 is 11.3. The molecule has 1 aliphatic rings. The number of aryl methyl sites for hydroxylation is 1. The number of imidazole rings is 1. The Labute approximate surface area is 350 Å². The van der Waals surface area contributed by atoms with E-state index in [9.17, 15) is 33.6 Å². The number of hydrogen-bond acceptors (Lipinski definition) is 14. The summed E-state index contributed by atoms with van der Waals surface area (Å²) in [4.78, 5) is 98.2. The van der Waals surface area contributed by atoms with Crippen LogP contribution >= 0.6 is 11.8 Å². The van der Waals surface area contributed by atoms with Crippen LogP contribution in [0.15, 0.2) is 48.5 Å². The van der Waals surface area contributed by atoms with E-state index in [1.54, 1.807) is 0 Å². The molecule has 5 rings (SSSR count). The van der Waals surface area contributed by atoms with E-state index in [-0.39, 0.29) is 50.4 Å². The number of pyridine rings is 1. The Balaban J connectivity index is 1.13. The number of methoxy groups -OCH3 is 2. The lowest BCUT2D eigenvalue weighted by atomic mass is 10.1. The standard InChI is InChI=1S/C41H51N9O9S/c1-4-5-10-31-48-36-37(26-8-6-7-9-28(26)47-38(36)43)50(31)22-25-13-11-24(12-14-25)20-44-32(51)17-18-49-34(53)19-30(40(49)56)60-23-29(39(55)45-21-35(54)58-2)46-33(52)16-15-27(42)41(57)59-3/h6-9,11-14,27,29-30H,4-5,10,15-23,42H2,1-3H3,(H2,43,47)(H,44,51)(H,45,55)(H,46,52)/t27-,29-,30?/m1/s1. The van der Waals surface area contributed by atoms with Crippen molar-refractivity contribution >= 4 is 81.0 Å². The third kappa shape index (κ3) is 11.6. The number of para-hydroxylation sites is 1. The predicted octanol–water partition coefficient (Wildman–Crippen LogP) is 1.48. The molecule has 1 fully saturated rings. The van der Waals surface area contributed by atoms with Gasteiger partial charge in [0.05, 0.1) is 30.5 Å². The van der Waals surface area contributed by atoms with Gasteiger partial charge in [-0.1, -0.05) is 55.8 Å². The quantitative estimate of drug-likeness (QED) is 0.0588. The van der Waals surface area contributed by atoms with Gasteiger partial charge in [-0.15, -0.1) is 11.8 Å². The zero-order valence-electron chi connectivity index (χ0n) is 33.9. The van der Waals surface area contributed by atoms with Gasteiger partial charge in [0.1, 0.15) is 30.0 Å². The number of unbranched alkanes of at least 4 members (excludes halogenated alkanes) is 1. The van der Waals surface area contributed by atoms with Crippen molar-refractivity contribution in [2.24, 2.45) is 5.73 Å². The first-order chi connectivity index (χ1) is 28.8. The van der Waals surface area contributed by atoms with Crippen molar-refractivity contribution in [3.8, 4) is 0 Å². The molecule has 19 heteroatoms. The van der Waals surface area contributed by atoms with Gasteiger partial charge in [0.2, 0.25) is 29.5 Å². The number of fused-ring (bicyclic) bond motifs is 3. The molecule has 60 heavy (non-hydrogen) atoms. The molecule has 0 radical (unpaired) electrons. The minimum atomic E-state index is -1.20. The largest absolute Gasteiger partial charge is 0.468 e. The van der Waals surface area contributed by atoms with Crippen molar-refractivity contribution < 1.29 is 43.0 Å². The van der Waals surface area contributed by atoms with Crippen LogP contribution in [-0.2, 0) is 62.5 Å². The van der Waals surface area contributed by atoms with E-state index in [0.717, 1.165) is 76.4 Å². The van der Waals surface area contributed by atoms with Crippen LogP contribution in [0.1, 0.15) is 62.4 Å². The Morgan fingerprint density at radius 3 is 2.40 bits per heavy atom. The Morgan fingerprint density at radius 1 is 0.950 bits per heavy atom. The molecule has 1 unspecified atom stereocenters. The number of amides is 5. The Morgan fingerprint density at radius 2 is 1.68 bits per heavy atom. The number of likely N-dealkylation sites (tertiary alicyclic amines) is 1. The lowest BCUT2D eigenvalue weighted by Gasteiger charge is -2.20. The number of carbonyl (C=O) groups excluding carboxylic acids is 7. The molecule has 4 aromatic rings. The van der Waals surface area contributed by atoms with Crippen molar-refractivity contribution in [1.82, 2.24) is 35.4 Å². The van der Waals surface area contributed by atoms with Crippen LogP contribution in [-0.4, -0.2) is 111 Å². The summed E-state index contributed by atoms with van der Waals surface area (Å²) in [5.74, 6) is -2.87. The minimum Gasteiger partial charge on any atom is -0.468 e. The Hall–Kier alpha value is -6.08. The Bertz CT molecular complexity index is 2230. The average molecular weight is 846 g/mol. The van der Waals surface area contributed by atoms with Crippen LogP contribution in [0.4, 0.5) is 5.82 Å². The fourth-order valence-corrected chi connectivity index (χ4v) is 7.83. The number of thioether (sulfide) groups is 1. The summed E-state index contributed by atoms with van der Waals surface area (Å²) in [5, 5.41) is 7.86. The van der Waals surface area contributed by atoms with E-state index in [1.807, 2.05) is 48.5 Å². The maximum Gasteiger partial charge on any atom is 0.325 e. The third-order valence-electron chi connectivity index (χ3n) is 10.00.